The fraction of sp³-hybridized carbons (Fsp3) is 0.333. The lowest BCUT2D eigenvalue weighted by Gasteiger charge is -2.10. The van der Waals surface area contributed by atoms with Crippen molar-refractivity contribution in [3.63, 3.8) is 0 Å². The van der Waals surface area contributed by atoms with Gasteiger partial charge in [0.25, 0.3) is 5.91 Å². The molecule has 2 aromatic rings. The monoisotopic (exact) mass is 273 g/mol. The van der Waals surface area contributed by atoms with Crippen LogP contribution in [0.2, 0.25) is 0 Å². The molecule has 20 heavy (non-hydrogen) atoms. The van der Waals surface area contributed by atoms with E-state index in [0.717, 1.165) is 29.9 Å². The van der Waals surface area contributed by atoms with E-state index >= 15 is 0 Å². The van der Waals surface area contributed by atoms with Gasteiger partial charge in [-0.3, -0.25) is 10.1 Å². The standard InChI is InChI=1S/C15H19N3O2/c1-4-7-16-13-6-5-12(8-10(13)2)14(19)18-15-17-11(3)9-20-15/h5-6,8-9,16H,4,7H2,1-3H3,(H,17,18,19). The molecule has 1 heterocycles. The number of carbonyl (C=O) groups is 1. The third-order valence-electron chi connectivity index (χ3n) is 2.89. The summed E-state index contributed by atoms with van der Waals surface area (Å²) in [4.78, 5) is 16.1. The number of benzene rings is 1. The van der Waals surface area contributed by atoms with Gasteiger partial charge in [-0.05, 0) is 44.0 Å². The lowest BCUT2D eigenvalue weighted by atomic mass is 10.1. The Bertz CT molecular complexity index is 605. The van der Waals surface area contributed by atoms with Crippen molar-refractivity contribution in [1.29, 1.82) is 0 Å². The Morgan fingerprint density at radius 3 is 2.75 bits per heavy atom. The number of nitrogens with one attached hydrogen (secondary N) is 2. The molecule has 0 atom stereocenters. The van der Waals surface area contributed by atoms with Gasteiger partial charge in [0.05, 0.1) is 5.69 Å². The normalized spacial score (nSPS) is 10.3. The van der Waals surface area contributed by atoms with Crippen molar-refractivity contribution in [3.8, 4) is 0 Å². The van der Waals surface area contributed by atoms with Gasteiger partial charge in [-0.25, -0.2) is 0 Å². The Hall–Kier alpha value is -2.30. The van der Waals surface area contributed by atoms with Crippen molar-refractivity contribution in [2.45, 2.75) is 27.2 Å². The van der Waals surface area contributed by atoms with Gasteiger partial charge in [-0.15, -0.1) is 0 Å². The number of aromatic nitrogens is 1. The lowest BCUT2D eigenvalue weighted by molar-refractivity contribution is 0.102. The molecular weight excluding hydrogens is 254 g/mol. The van der Waals surface area contributed by atoms with Crippen LogP contribution in [0.5, 0.6) is 0 Å². The van der Waals surface area contributed by atoms with Gasteiger partial charge in [-0.1, -0.05) is 6.92 Å². The molecule has 0 aliphatic rings. The third-order valence-corrected chi connectivity index (χ3v) is 2.89. The largest absolute Gasteiger partial charge is 0.432 e. The first-order valence-corrected chi connectivity index (χ1v) is 6.68. The van der Waals surface area contributed by atoms with Crippen LogP contribution in [0.15, 0.2) is 28.9 Å². The molecule has 2 rings (SSSR count). The van der Waals surface area contributed by atoms with E-state index in [1.807, 2.05) is 19.1 Å². The van der Waals surface area contributed by atoms with Gasteiger partial charge in [0.15, 0.2) is 0 Å². The van der Waals surface area contributed by atoms with E-state index in [0.29, 0.717) is 5.56 Å². The van der Waals surface area contributed by atoms with Gasteiger partial charge in [0, 0.05) is 17.8 Å². The molecule has 0 fully saturated rings. The highest BCUT2D eigenvalue weighted by Gasteiger charge is 2.10. The molecule has 0 spiro atoms. The summed E-state index contributed by atoms with van der Waals surface area (Å²) in [6.45, 7) is 6.81. The van der Waals surface area contributed by atoms with Crippen LogP contribution in [-0.2, 0) is 0 Å². The summed E-state index contributed by atoms with van der Waals surface area (Å²) >= 11 is 0. The minimum Gasteiger partial charge on any atom is -0.432 e. The molecule has 1 aromatic heterocycles. The minimum absolute atomic E-state index is 0.221. The predicted octanol–water partition coefficient (Wildman–Crippen LogP) is 3.37. The maximum Gasteiger partial charge on any atom is 0.301 e. The third kappa shape index (κ3) is 3.38. The highest BCUT2D eigenvalue weighted by atomic mass is 16.4. The quantitative estimate of drug-likeness (QED) is 0.876. The Balaban J connectivity index is 2.08. The summed E-state index contributed by atoms with van der Waals surface area (Å²) in [5, 5.41) is 5.95. The van der Waals surface area contributed by atoms with E-state index in [2.05, 4.69) is 22.5 Å². The first-order chi connectivity index (χ1) is 9.60. The molecule has 2 N–H and O–H groups in total. The van der Waals surface area contributed by atoms with Gasteiger partial charge < -0.3 is 9.73 Å². The number of anilines is 2. The summed E-state index contributed by atoms with van der Waals surface area (Å²) in [5.74, 6) is -0.225. The molecule has 5 heteroatoms. The number of rotatable bonds is 5. The van der Waals surface area contributed by atoms with Crippen LogP contribution < -0.4 is 10.6 Å². The lowest BCUT2D eigenvalue weighted by Crippen LogP contribution is -2.13. The van der Waals surface area contributed by atoms with Crippen LogP contribution in [0.4, 0.5) is 11.7 Å². The van der Waals surface area contributed by atoms with Crippen molar-refractivity contribution in [3.05, 3.63) is 41.3 Å². The van der Waals surface area contributed by atoms with Crippen molar-refractivity contribution in [1.82, 2.24) is 4.98 Å². The molecule has 0 radical (unpaired) electrons. The SMILES string of the molecule is CCCNc1ccc(C(=O)Nc2nc(C)co2)cc1C. The molecule has 106 valence electrons. The minimum atomic E-state index is -0.225. The van der Waals surface area contributed by atoms with Crippen molar-refractivity contribution in [2.75, 3.05) is 17.2 Å². The molecule has 0 aliphatic heterocycles. The molecule has 5 nitrogen and oxygen atoms in total. The van der Waals surface area contributed by atoms with E-state index in [4.69, 9.17) is 4.42 Å². The number of amides is 1. The number of nitrogens with zero attached hydrogens (tertiary/aromatic N) is 1. The number of carbonyl (C=O) groups excluding carboxylic acids is 1. The van der Waals surface area contributed by atoms with Crippen LogP contribution in [-0.4, -0.2) is 17.4 Å². The van der Waals surface area contributed by atoms with E-state index in [9.17, 15) is 4.79 Å². The number of hydrogen-bond acceptors (Lipinski definition) is 4. The number of hydrogen-bond donors (Lipinski definition) is 2. The second-order valence-corrected chi connectivity index (χ2v) is 4.70. The van der Waals surface area contributed by atoms with Crippen LogP contribution in [0.1, 0.15) is 35.0 Å². The zero-order chi connectivity index (χ0) is 14.5. The van der Waals surface area contributed by atoms with Crippen LogP contribution >= 0.6 is 0 Å². The maximum atomic E-state index is 12.1. The van der Waals surface area contributed by atoms with Gasteiger partial charge in [0.1, 0.15) is 6.26 Å². The van der Waals surface area contributed by atoms with E-state index in [1.54, 1.807) is 13.0 Å². The zero-order valence-corrected chi connectivity index (χ0v) is 12.0. The van der Waals surface area contributed by atoms with Crippen LogP contribution in [0.25, 0.3) is 0 Å². The van der Waals surface area contributed by atoms with Gasteiger partial charge in [-0.2, -0.15) is 4.98 Å². The molecule has 0 saturated carbocycles. The van der Waals surface area contributed by atoms with E-state index < -0.39 is 0 Å². The Morgan fingerprint density at radius 1 is 1.35 bits per heavy atom. The molecule has 1 amide bonds. The molecule has 0 bridgehead atoms. The Kier molecular flexibility index (Phi) is 4.40. The summed E-state index contributed by atoms with van der Waals surface area (Å²) in [6, 6.07) is 5.78. The highest BCUT2D eigenvalue weighted by molar-refractivity contribution is 6.03. The Morgan fingerprint density at radius 2 is 2.15 bits per heavy atom. The second kappa shape index (κ2) is 6.23. The molecule has 0 aliphatic carbocycles. The van der Waals surface area contributed by atoms with E-state index in [-0.39, 0.29) is 11.9 Å². The van der Waals surface area contributed by atoms with E-state index in [1.165, 1.54) is 6.26 Å². The van der Waals surface area contributed by atoms with Crippen molar-refractivity contribution in [2.24, 2.45) is 0 Å². The molecular formula is C15H19N3O2. The average molecular weight is 273 g/mol. The van der Waals surface area contributed by atoms with Crippen LogP contribution in [0.3, 0.4) is 0 Å². The summed E-state index contributed by atoms with van der Waals surface area (Å²) in [7, 11) is 0. The van der Waals surface area contributed by atoms with Crippen molar-refractivity contribution < 1.29 is 9.21 Å². The predicted molar refractivity (Wildman–Crippen MR) is 79.2 cm³/mol. The average Bonchev–Trinajstić information content (AvgIpc) is 2.82. The van der Waals surface area contributed by atoms with Gasteiger partial charge >= 0.3 is 6.01 Å². The fourth-order valence-electron chi connectivity index (χ4n) is 1.84. The van der Waals surface area contributed by atoms with Gasteiger partial charge in [0.2, 0.25) is 0 Å². The smallest absolute Gasteiger partial charge is 0.301 e. The molecule has 0 unspecified atom stereocenters. The first kappa shape index (κ1) is 14.1. The van der Waals surface area contributed by atoms with Crippen molar-refractivity contribution >= 4 is 17.6 Å². The number of aryl methyl sites for hydroxylation is 2. The zero-order valence-electron chi connectivity index (χ0n) is 12.0. The Labute approximate surface area is 118 Å². The van der Waals surface area contributed by atoms with Crippen LogP contribution in [0, 0.1) is 13.8 Å². The molecule has 1 aromatic carbocycles. The summed E-state index contributed by atoms with van der Waals surface area (Å²) in [6.07, 6.45) is 2.56. The highest BCUT2D eigenvalue weighted by Crippen LogP contribution is 2.17. The summed E-state index contributed by atoms with van der Waals surface area (Å²) in [5.41, 5.74) is 3.40. The topological polar surface area (TPSA) is 67.2 Å². The fourth-order valence-corrected chi connectivity index (χ4v) is 1.84. The second-order valence-electron chi connectivity index (χ2n) is 4.70. The maximum absolute atomic E-state index is 12.1. The number of oxazole rings is 1. The molecule has 0 saturated heterocycles. The first-order valence-electron chi connectivity index (χ1n) is 6.68. The summed E-state index contributed by atoms with van der Waals surface area (Å²) < 4.78 is 5.11.